The third-order valence-corrected chi connectivity index (χ3v) is 6.06. The normalized spacial score (nSPS) is 11.3. The Kier molecular flexibility index (Phi) is 8.06. The Bertz CT molecular complexity index is 956. The first-order valence-electron chi connectivity index (χ1n) is 11.4. The van der Waals surface area contributed by atoms with Crippen LogP contribution in [0.2, 0.25) is 0 Å². The highest BCUT2D eigenvalue weighted by molar-refractivity contribution is 5.78. The van der Waals surface area contributed by atoms with Gasteiger partial charge in [-0.3, -0.25) is 4.79 Å². The Morgan fingerprint density at radius 1 is 1.00 bits per heavy atom. The molecule has 0 aliphatic carbocycles. The van der Waals surface area contributed by atoms with Crippen molar-refractivity contribution in [3.63, 3.8) is 0 Å². The van der Waals surface area contributed by atoms with Gasteiger partial charge < -0.3 is 9.88 Å². The summed E-state index contributed by atoms with van der Waals surface area (Å²) in [4.78, 5) is 17.0. The highest BCUT2D eigenvalue weighted by Gasteiger charge is 2.13. The quantitative estimate of drug-likeness (QED) is 0.419. The lowest BCUT2D eigenvalue weighted by Crippen LogP contribution is -2.30. The lowest BCUT2D eigenvalue weighted by molar-refractivity contribution is -0.125. The van der Waals surface area contributed by atoms with Crippen molar-refractivity contribution in [3.8, 4) is 0 Å². The lowest BCUT2D eigenvalue weighted by atomic mass is 10.0. The maximum absolute atomic E-state index is 12.1. The second-order valence-electron chi connectivity index (χ2n) is 8.14. The van der Waals surface area contributed by atoms with Crippen LogP contribution in [0.15, 0.2) is 48.5 Å². The molecule has 0 aliphatic heterocycles. The molecule has 4 heteroatoms. The summed E-state index contributed by atoms with van der Waals surface area (Å²) in [5.74, 6) is 1.52. The van der Waals surface area contributed by atoms with E-state index < -0.39 is 0 Å². The highest BCUT2D eigenvalue weighted by atomic mass is 16.1. The SMILES string of the molecule is CCC(CC)C(=O)NCCCCCc1nc2ccccc2n1Cc1ccccc1C. The molecule has 3 aromatic rings. The third kappa shape index (κ3) is 5.50. The van der Waals surface area contributed by atoms with Gasteiger partial charge in [-0.1, -0.05) is 56.7 Å². The van der Waals surface area contributed by atoms with E-state index in [9.17, 15) is 4.79 Å². The summed E-state index contributed by atoms with van der Waals surface area (Å²) < 4.78 is 2.37. The van der Waals surface area contributed by atoms with E-state index in [1.165, 1.54) is 16.6 Å². The number of fused-ring (bicyclic) bond motifs is 1. The number of para-hydroxylation sites is 2. The van der Waals surface area contributed by atoms with Crippen LogP contribution in [-0.2, 0) is 17.8 Å². The van der Waals surface area contributed by atoms with E-state index in [2.05, 4.69) is 79.2 Å². The number of unbranched alkanes of at least 4 members (excludes halogenated alkanes) is 2. The van der Waals surface area contributed by atoms with Crippen molar-refractivity contribution in [3.05, 3.63) is 65.5 Å². The van der Waals surface area contributed by atoms with Crippen LogP contribution in [0.5, 0.6) is 0 Å². The fraction of sp³-hybridized carbons (Fsp3) is 0.462. The molecule has 0 radical (unpaired) electrons. The maximum Gasteiger partial charge on any atom is 0.223 e. The van der Waals surface area contributed by atoms with Gasteiger partial charge in [0.25, 0.3) is 0 Å². The molecule has 4 nitrogen and oxygen atoms in total. The molecule has 0 fully saturated rings. The van der Waals surface area contributed by atoms with Gasteiger partial charge in [-0.2, -0.15) is 0 Å². The van der Waals surface area contributed by atoms with Crippen LogP contribution in [0.1, 0.15) is 62.9 Å². The van der Waals surface area contributed by atoms with Crippen LogP contribution in [0.4, 0.5) is 0 Å². The Morgan fingerprint density at radius 3 is 2.50 bits per heavy atom. The molecule has 0 aliphatic rings. The van der Waals surface area contributed by atoms with Gasteiger partial charge in [0.2, 0.25) is 5.91 Å². The van der Waals surface area contributed by atoms with E-state index in [-0.39, 0.29) is 11.8 Å². The number of rotatable bonds is 11. The molecule has 0 spiro atoms. The third-order valence-electron chi connectivity index (χ3n) is 6.06. The van der Waals surface area contributed by atoms with Crippen LogP contribution in [0.25, 0.3) is 11.0 Å². The van der Waals surface area contributed by atoms with Crippen LogP contribution < -0.4 is 5.32 Å². The highest BCUT2D eigenvalue weighted by Crippen LogP contribution is 2.21. The summed E-state index contributed by atoms with van der Waals surface area (Å²) >= 11 is 0. The topological polar surface area (TPSA) is 46.9 Å². The number of amides is 1. The minimum absolute atomic E-state index is 0.159. The Morgan fingerprint density at radius 2 is 1.73 bits per heavy atom. The first kappa shape index (κ1) is 22.1. The lowest BCUT2D eigenvalue weighted by Gasteiger charge is -2.13. The molecule has 3 rings (SSSR count). The number of hydrogen-bond acceptors (Lipinski definition) is 2. The fourth-order valence-electron chi connectivity index (χ4n) is 4.05. The van der Waals surface area contributed by atoms with Gasteiger partial charge in [0.05, 0.1) is 11.0 Å². The minimum atomic E-state index is 0.159. The molecule has 160 valence electrons. The maximum atomic E-state index is 12.1. The smallest absolute Gasteiger partial charge is 0.223 e. The summed E-state index contributed by atoms with van der Waals surface area (Å²) in [5.41, 5.74) is 4.92. The molecule has 2 aromatic carbocycles. The second-order valence-corrected chi connectivity index (χ2v) is 8.14. The van der Waals surface area contributed by atoms with Crippen molar-refractivity contribution in [2.75, 3.05) is 6.54 Å². The molecular formula is C26H35N3O. The molecule has 30 heavy (non-hydrogen) atoms. The zero-order chi connectivity index (χ0) is 21.3. The van der Waals surface area contributed by atoms with Crippen molar-refractivity contribution in [2.45, 2.75) is 65.8 Å². The average molecular weight is 406 g/mol. The molecule has 0 atom stereocenters. The second kappa shape index (κ2) is 11.0. The first-order valence-corrected chi connectivity index (χ1v) is 11.4. The Labute approximate surface area is 180 Å². The number of nitrogens with zero attached hydrogens (tertiary/aromatic N) is 2. The van der Waals surface area contributed by atoms with E-state index in [1.807, 2.05) is 0 Å². The predicted octanol–water partition coefficient (Wildman–Crippen LogP) is 5.66. The summed E-state index contributed by atoms with van der Waals surface area (Å²) in [6.07, 6.45) is 5.98. The molecule has 0 saturated carbocycles. The van der Waals surface area contributed by atoms with E-state index in [0.29, 0.717) is 0 Å². The molecule has 1 heterocycles. The largest absolute Gasteiger partial charge is 0.356 e. The molecule has 1 aromatic heterocycles. The van der Waals surface area contributed by atoms with Crippen molar-refractivity contribution in [1.82, 2.24) is 14.9 Å². The molecule has 0 saturated heterocycles. The van der Waals surface area contributed by atoms with E-state index in [0.717, 1.165) is 63.0 Å². The first-order chi connectivity index (χ1) is 14.6. The number of aryl methyl sites for hydroxylation is 2. The molecule has 0 bridgehead atoms. The van der Waals surface area contributed by atoms with Crippen LogP contribution in [0, 0.1) is 12.8 Å². The summed E-state index contributed by atoms with van der Waals surface area (Å²) in [5, 5.41) is 3.10. The van der Waals surface area contributed by atoms with Crippen molar-refractivity contribution < 1.29 is 4.79 Å². The van der Waals surface area contributed by atoms with E-state index in [4.69, 9.17) is 4.98 Å². The van der Waals surface area contributed by atoms with Gasteiger partial charge in [-0.25, -0.2) is 4.98 Å². The summed E-state index contributed by atoms with van der Waals surface area (Å²) in [6, 6.07) is 17.0. The molecule has 0 unspecified atom stereocenters. The van der Waals surface area contributed by atoms with Gasteiger partial charge in [-0.15, -0.1) is 0 Å². The minimum Gasteiger partial charge on any atom is -0.356 e. The monoisotopic (exact) mass is 405 g/mol. The Hall–Kier alpha value is -2.62. The summed E-state index contributed by atoms with van der Waals surface area (Å²) in [7, 11) is 0. The average Bonchev–Trinajstić information content (AvgIpc) is 3.10. The van der Waals surface area contributed by atoms with Crippen LogP contribution >= 0.6 is 0 Å². The summed E-state index contributed by atoms with van der Waals surface area (Å²) in [6.45, 7) is 7.96. The number of imidazole rings is 1. The molecule has 1 N–H and O–H groups in total. The van der Waals surface area contributed by atoms with E-state index >= 15 is 0 Å². The Balaban J connectivity index is 1.58. The predicted molar refractivity (Wildman–Crippen MR) is 125 cm³/mol. The van der Waals surface area contributed by atoms with Gasteiger partial charge in [-0.05, 0) is 55.9 Å². The number of aromatic nitrogens is 2. The zero-order valence-corrected chi connectivity index (χ0v) is 18.7. The van der Waals surface area contributed by atoms with Crippen molar-refractivity contribution in [2.24, 2.45) is 5.92 Å². The standard InChI is InChI=1S/C26H35N3O/c1-4-21(5-2)26(30)27-18-12-6-7-17-25-28-23-15-10-11-16-24(23)29(25)19-22-14-9-8-13-20(22)3/h8-11,13-16,21H,4-7,12,17-19H2,1-3H3,(H,27,30). The van der Waals surface area contributed by atoms with Gasteiger partial charge in [0.1, 0.15) is 5.82 Å². The number of nitrogens with one attached hydrogen (secondary N) is 1. The number of carbonyl (C=O) groups is 1. The fourth-order valence-corrected chi connectivity index (χ4v) is 4.05. The zero-order valence-electron chi connectivity index (χ0n) is 18.7. The van der Waals surface area contributed by atoms with Crippen molar-refractivity contribution >= 4 is 16.9 Å². The van der Waals surface area contributed by atoms with Gasteiger partial charge in [0.15, 0.2) is 0 Å². The molecule has 1 amide bonds. The van der Waals surface area contributed by atoms with Crippen LogP contribution in [0.3, 0.4) is 0 Å². The van der Waals surface area contributed by atoms with Gasteiger partial charge in [0, 0.05) is 25.4 Å². The number of benzene rings is 2. The number of carbonyl (C=O) groups excluding carboxylic acids is 1. The van der Waals surface area contributed by atoms with Crippen LogP contribution in [-0.4, -0.2) is 22.0 Å². The van der Waals surface area contributed by atoms with E-state index in [1.54, 1.807) is 0 Å². The molecular weight excluding hydrogens is 370 g/mol. The van der Waals surface area contributed by atoms with Crippen molar-refractivity contribution in [1.29, 1.82) is 0 Å². The van der Waals surface area contributed by atoms with Gasteiger partial charge >= 0.3 is 0 Å². The number of hydrogen-bond donors (Lipinski definition) is 1.